The van der Waals surface area contributed by atoms with Gasteiger partial charge in [-0.2, -0.15) is 0 Å². The Balaban J connectivity index is 1.85. The Bertz CT molecular complexity index is 530. The summed E-state index contributed by atoms with van der Waals surface area (Å²) in [5, 5.41) is 3.18. The van der Waals surface area contributed by atoms with Gasteiger partial charge in [0, 0.05) is 18.9 Å². The number of hydrogen-bond donors (Lipinski definition) is 1. The fraction of sp³-hybridized carbons (Fsp3) is 0.462. The molecule has 1 N–H and O–H groups in total. The normalized spacial score (nSPS) is 23.4. The second-order valence-electron chi connectivity index (χ2n) is 4.99. The molecule has 2 fully saturated rings. The van der Waals surface area contributed by atoms with Gasteiger partial charge >= 0.3 is 0 Å². The zero-order valence-corrected chi connectivity index (χ0v) is 11.1. The fourth-order valence-electron chi connectivity index (χ4n) is 2.45. The van der Waals surface area contributed by atoms with Crippen molar-refractivity contribution in [2.45, 2.75) is 25.4 Å². The summed E-state index contributed by atoms with van der Waals surface area (Å²) in [6, 6.07) is 1.44. The molecular formula is C13H14ClN3O2. The smallest absolute Gasteiger partial charge is 0.243 e. The quantitative estimate of drug-likeness (QED) is 0.897. The summed E-state index contributed by atoms with van der Waals surface area (Å²) in [4.78, 5) is 29.6. The van der Waals surface area contributed by atoms with Crippen LogP contribution in [0.25, 0.3) is 0 Å². The minimum absolute atomic E-state index is 0.0488. The lowest BCUT2D eigenvalue weighted by atomic mass is 10.1. The van der Waals surface area contributed by atoms with E-state index < -0.39 is 0 Å². The van der Waals surface area contributed by atoms with Crippen LogP contribution in [0.15, 0.2) is 18.5 Å². The van der Waals surface area contributed by atoms with Crippen LogP contribution in [0.1, 0.15) is 18.4 Å². The van der Waals surface area contributed by atoms with Gasteiger partial charge in [-0.3, -0.25) is 14.6 Å². The van der Waals surface area contributed by atoms with E-state index >= 15 is 0 Å². The van der Waals surface area contributed by atoms with E-state index in [1.807, 2.05) is 0 Å². The third-order valence-electron chi connectivity index (χ3n) is 3.60. The number of nitrogens with zero attached hydrogens (tertiary/aromatic N) is 2. The average Bonchev–Trinajstić information content (AvgIpc) is 3.21. The van der Waals surface area contributed by atoms with E-state index in [0.29, 0.717) is 17.5 Å². The summed E-state index contributed by atoms with van der Waals surface area (Å²) in [6.45, 7) is 0.444. The van der Waals surface area contributed by atoms with Gasteiger partial charge in [0.05, 0.1) is 11.6 Å². The Morgan fingerprint density at radius 3 is 2.89 bits per heavy atom. The van der Waals surface area contributed by atoms with Crippen molar-refractivity contribution in [3.05, 3.63) is 29.0 Å². The van der Waals surface area contributed by atoms with Crippen molar-refractivity contribution in [1.82, 2.24) is 15.2 Å². The van der Waals surface area contributed by atoms with E-state index in [-0.39, 0.29) is 24.4 Å². The maximum absolute atomic E-state index is 12.1. The second kappa shape index (κ2) is 4.81. The van der Waals surface area contributed by atoms with E-state index in [9.17, 15) is 9.59 Å². The molecule has 0 spiro atoms. The highest BCUT2D eigenvalue weighted by Gasteiger charge is 2.44. The molecule has 19 heavy (non-hydrogen) atoms. The van der Waals surface area contributed by atoms with E-state index in [0.717, 1.165) is 18.4 Å². The van der Waals surface area contributed by atoms with Crippen molar-refractivity contribution in [2.24, 2.45) is 5.92 Å². The molecule has 2 heterocycles. The van der Waals surface area contributed by atoms with Crippen LogP contribution < -0.4 is 5.32 Å². The van der Waals surface area contributed by atoms with E-state index in [1.54, 1.807) is 23.4 Å². The lowest BCUT2D eigenvalue weighted by Crippen LogP contribution is -2.58. The molecule has 0 aromatic carbocycles. The monoisotopic (exact) mass is 279 g/mol. The number of carbonyl (C=O) groups excluding carboxylic acids is 2. The topological polar surface area (TPSA) is 62.3 Å². The highest BCUT2D eigenvalue weighted by atomic mass is 35.5. The van der Waals surface area contributed by atoms with Crippen molar-refractivity contribution in [3.63, 3.8) is 0 Å². The number of piperazine rings is 1. The third kappa shape index (κ3) is 2.42. The summed E-state index contributed by atoms with van der Waals surface area (Å²) in [5.74, 6) is 0.196. The average molecular weight is 280 g/mol. The number of aromatic nitrogens is 1. The number of carbonyl (C=O) groups is 2. The molecule has 1 aliphatic carbocycles. The predicted octanol–water partition coefficient (Wildman–Crippen LogP) is 0.972. The highest BCUT2D eigenvalue weighted by molar-refractivity contribution is 6.31. The van der Waals surface area contributed by atoms with Gasteiger partial charge in [0.15, 0.2) is 0 Å². The highest BCUT2D eigenvalue weighted by Crippen LogP contribution is 2.37. The molecule has 2 aliphatic rings. The first-order valence-corrected chi connectivity index (χ1v) is 6.70. The molecule has 100 valence electrons. The van der Waals surface area contributed by atoms with E-state index in [4.69, 9.17) is 11.6 Å². The standard InChI is InChI=1S/C13H14ClN3O2/c14-10-5-15-4-3-9(10)7-17-11(18)6-16-13(19)12(17)8-1-2-8/h3-5,8,12H,1-2,6-7H2,(H,16,19). The van der Waals surface area contributed by atoms with Crippen LogP contribution >= 0.6 is 11.6 Å². The summed E-state index contributed by atoms with van der Waals surface area (Å²) in [7, 11) is 0. The summed E-state index contributed by atoms with van der Waals surface area (Å²) in [6.07, 6.45) is 5.21. The number of nitrogens with one attached hydrogen (secondary N) is 1. The molecule has 5 nitrogen and oxygen atoms in total. The van der Waals surface area contributed by atoms with Crippen LogP contribution in [-0.4, -0.2) is 34.3 Å². The first kappa shape index (κ1) is 12.4. The van der Waals surface area contributed by atoms with Crippen LogP contribution in [0.3, 0.4) is 0 Å². The zero-order valence-electron chi connectivity index (χ0n) is 10.3. The van der Waals surface area contributed by atoms with Crippen LogP contribution in [0, 0.1) is 5.92 Å². The molecule has 1 aromatic heterocycles. The molecule has 1 aliphatic heterocycles. The number of amides is 2. The summed E-state index contributed by atoms with van der Waals surface area (Å²) >= 11 is 6.07. The van der Waals surface area contributed by atoms with Crippen molar-refractivity contribution >= 4 is 23.4 Å². The SMILES string of the molecule is O=C1NCC(=O)N(Cc2ccncc2Cl)C1C1CC1. The van der Waals surface area contributed by atoms with Gasteiger partial charge < -0.3 is 10.2 Å². The van der Waals surface area contributed by atoms with Crippen LogP contribution in [0.2, 0.25) is 5.02 Å². The predicted molar refractivity (Wildman–Crippen MR) is 69.3 cm³/mol. The molecule has 0 radical (unpaired) electrons. The lowest BCUT2D eigenvalue weighted by Gasteiger charge is -2.35. The third-order valence-corrected chi connectivity index (χ3v) is 3.94. The molecular weight excluding hydrogens is 266 g/mol. The number of halogens is 1. The molecule has 1 unspecified atom stereocenters. The van der Waals surface area contributed by atoms with Crippen molar-refractivity contribution < 1.29 is 9.59 Å². The Labute approximate surface area is 115 Å². The lowest BCUT2D eigenvalue weighted by molar-refractivity contribution is -0.147. The van der Waals surface area contributed by atoms with Crippen molar-refractivity contribution in [1.29, 1.82) is 0 Å². The minimum Gasteiger partial charge on any atom is -0.345 e. The van der Waals surface area contributed by atoms with Crippen LogP contribution in [0.5, 0.6) is 0 Å². The largest absolute Gasteiger partial charge is 0.345 e. The Hall–Kier alpha value is -1.62. The van der Waals surface area contributed by atoms with Crippen molar-refractivity contribution in [2.75, 3.05) is 6.54 Å². The minimum atomic E-state index is -0.342. The summed E-state index contributed by atoms with van der Waals surface area (Å²) in [5.41, 5.74) is 0.824. The van der Waals surface area contributed by atoms with Gasteiger partial charge in [-0.05, 0) is 30.4 Å². The Morgan fingerprint density at radius 2 is 2.21 bits per heavy atom. The van der Waals surface area contributed by atoms with Gasteiger partial charge in [-0.1, -0.05) is 11.6 Å². The molecule has 1 saturated heterocycles. The van der Waals surface area contributed by atoms with Crippen LogP contribution in [-0.2, 0) is 16.1 Å². The number of rotatable bonds is 3. The number of pyridine rings is 1. The van der Waals surface area contributed by atoms with E-state index in [1.165, 1.54) is 0 Å². The maximum atomic E-state index is 12.1. The van der Waals surface area contributed by atoms with Gasteiger partial charge in [-0.15, -0.1) is 0 Å². The van der Waals surface area contributed by atoms with Gasteiger partial charge in [0.2, 0.25) is 11.8 Å². The van der Waals surface area contributed by atoms with Crippen molar-refractivity contribution in [3.8, 4) is 0 Å². The molecule has 1 atom stereocenters. The Kier molecular flexibility index (Phi) is 3.14. The molecule has 0 bridgehead atoms. The molecule has 3 rings (SSSR count). The van der Waals surface area contributed by atoms with Crippen LogP contribution in [0.4, 0.5) is 0 Å². The van der Waals surface area contributed by atoms with Gasteiger partial charge in [0.1, 0.15) is 6.04 Å². The van der Waals surface area contributed by atoms with Gasteiger partial charge in [-0.25, -0.2) is 0 Å². The molecule has 2 amide bonds. The fourth-order valence-corrected chi connectivity index (χ4v) is 2.63. The van der Waals surface area contributed by atoms with Gasteiger partial charge in [0.25, 0.3) is 0 Å². The maximum Gasteiger partial charge on any atom is 0.243 e. The zero-order chi connectivity index (χ0) is 13.4. The Morgan fingerprint density at radius 1 is 1.42 bits per heavy atom. The second-order valence-corrected chi connectivity index (χ2v) is 5.40. The molecule has 1 saturated carbocycles. The molecule has 6 heteroatoms. The first-order valence-electron chi connectivity index (χ1n) is 6.32. The summed E-state index contributed by atoms with van der Waals surface area (Å²) < 4.78 is 0. The van der Waals surface area contributed by atoms with E-state index in [2.05, 4.69) is 10.3 Å². The number of hydrogen-bond acceptors (Lipinski definition) is 3. The first-order chi connectivity index (χ1) is 9.16. The molecule has 1 aromatic rings.